The van der Waals surface area contributed by atoms with E-state index >= 15 is 0 Å². The van der Waals surface area contributed by atoms with E-state index in [1.54, 1.807) is 25.1 Å². The number of benzene rings is 1. The molecule has 0 bridgehead atoms. The van der Waals surface area contributed by atoms with Crippen molar-refractivity contribution in [2.24, 2.45) is 22.4 Å². The molecular weight excluding hydrogens is 452 g/mol. The number of aryl methyl sites for hydroxylation is 1. The van der Waals surface area contributed by atoms with E-state index in [1.165, 1.54) is 13.0 Å². The fourth-order valence-corrected chi connectivity index (χ4v) is 3.63. The molecule has 0 aliphatic heterocycles. The summed E-state index contributed by atoms with van der Waals surface area (Å²) in [4.78, 5) is 53.3. The van der Waals surface area contributed by atoms with E-state index in [0.717, 1.165) is 10.9 Å². The number of fused-ring (bicyclic) bond motifs is 1. The normalized spacial score (nSPS) is 12.6. The van der Waals surface area contributed by atoms with Crippen LogP contribution in [-0.2, 0) is 14.4 Å². The maximum absolute atomic E-state index is 13.1. The van der Waals surface area contributed by atoms with E-state index in [-0.39, 0.29) is 30.8 Å². The Morgan fingerprint density at radius 3 is 2.40 bits per heavy atom. The molecule has 190 valence electrons. The topological polar surface area (TPSA) is 182 Å². The molecule has 11 nitrogen and oxygen atoms in total. The van der Waals surface area contributed by atoms with Crippen LogP contribution >= 0.6 is 0 Å². The summed E-state index contributed by atoms with van der Waals surface area (Å²) in [5, 5.41) is 8.89. The Balaban J connectivity index is 2.22. The number of rotatable bonds is 11. The van der Waals surface area contributed by atoms with Gasteiger partial charge in [0.15, 0.2) is 5.96 Å². The number of nitrogens with two attached hydrogens (primary N) is 2. The zero-order chi connectivity index (χ0) is 26.1. The van der Waals surface area contributed by atoms with E-state index in [4.69, 9.17) is 15.9 Å². The van der Waals surface area contributed by atoms with Crippen molar-refractivity contribution in [2.45, 2.75) is 59.0 Å². The Morgan fingerprint density at radius 1 is 1.06 bits per heavy atom. The van der Waals surface area contributed by atoms with Crippen LogP contribution < -0.4 is 33.0 Å². The van der Waals surface area contributed by atoms with Gasteiger partial charge in [-0.2, -0.15) is 0 Å². The average molecular weight is 487 g/mol. The zero-order valence-electron chi connectivity index (χ0n) is 20.5. The van der Waals surface area contributed by atoms with Crippen molar-refractivity contribution in [3.8, 4) is 0 Å². The molecule has 1 aromatic heterocycles. The number of aliphatic imine (C=N–C) groups is 1. The van der Waals surface area contributed by atoms with Gasteiger partial charge in [0.1, 0.15) is 17.7 Å². The maximum atomic E-state index is 13.1. The molecule has 0 spiro atoms. The summed E-state index contributed by atoms with van der Waals surface area (Å²) in [6.07, 6.45) is 1.10. The number of nitrogens with zero attached hydrogens (tertiary/aromatic N) is 1. The summed E-state index contributed by atoms with van der Waals surface area (Å²) in [6.45, 7) is 7.27. The molecule has 0 fully saturated rings. The number of hydrogen-bond donors (Lipinski definition) is 5. The standard InChI is InChI=1S/C24H34N6O5/c1-13(2)10-19(28-15(4)31)23(34)30-18(6-5-9-27-24(25)26)22(33)29-16-7-8-17-14(3)11-21(32)35-20(17)12-16/h7-8,11-13,18-19H,5-6,9-10H2,1-4H3,(H,28,31)(H,29,33)(H,30,34)(H4,25,26,27). The van der Waals surface area contributed by atoms with Crippen molar-refractivity contribution in [3.63, 3.8) is 0 Å². The Kier molecular flexibility index (Phi) is 9.80. The summed E-state index contributed by atoms with van der Waals surface area (Å²) in [7, 11) is 0. The van der Waals surface area contributed by atoms with Crippen LogP contribution in [0.5, 0.6) is 0 Å². The van der Waals surface area contributed by atoms with E-state index in [9.17, 15) is 19.2 Å². The number of carbonyl (C=O) groups is 3. The number of amides is 3. The van der Waals surface area contributed by atoms with Crippen molar-refractivity contribution >= 4 is 40.3 Å². The van der Waals surface area contributed by atoms with E-state index in [1.807, 2.05) is 13.8 Å². The van der Waals surface area contributed by atoms with Gasteiger partial charge in [-0.3, -0.25) is 19.4 Å². The molecule has 0 radical (unpaired) electrons. The highest BCUT2D eigenvalue weighted by Crippen LogP contribution is 2.21. The first-order valence-corrected chi connectivity index (χ1v) is 11.4. The summed E-state index contributed by atoms with van der Waals surface area (Å²) in [5.74, 6) is -1.19. The van der Waals surface area contributed by atoms with E-state index in [2.05, 4.69) is 20.9 Å². The van der Waals surface area contributed by atoms with Gasteiger partial charge in [-0.05, 0) is 49.8 Å². The summed E-state index contributed by atoms with van der Waals surface area (Å²) < 4.78 is 5.24. The first-order chi connectivity index (χ1) is 16.5. The van der Waals surface area contributed by atoms with Gasteiger partial charge in [0.05, 0.1) is 0 Å². The minimum atomic E-state index is -0.916. The molecule has 35 heavy (non-hydrogen) atoms. The number of carbonyl (C=O) groups excluding carboxylic acids is 3. The van der Waals surface area contributed by atoms with Gasteiger partial charge in [-0.1, -0.05) is 13.8 Å². The van der Waals surface area contributed by atoms with Crippen LogP contribution in [0.15, 0.2) is 38.5 Å². The van der Waals surface area contributed by atoms with Gasteiger partial charge in [-0.15, -0.1) is 0 Å². The number of anilines is 1. The van der Waals surface area contributed by atoms with Gasteiger partial charge < -0.3 is 31.8 Å². The van der Waals surface area contributed by atoms with Crippen molar-refractivity contribution in [1.29, 1.82) is 0 Å². The highest BCUT2D eigenvalue weighted by atomic mass is 16.4. The summed E-state index contributed by atoms with van der Waals surface area (Å²) >= 11 is 0. The summed E-state index contributed by atoms with van der Waals surface area (Å²) in [5.41, 5.74) is 11.7. The predicted molar refractivity (Wildman–Crippen MR) is 135 cm³/mol. The molecule has 2 rings (SSSR count). The second-order valence-electron chi connectivity index (χ2n) is 8.84. The molecular formula is C24H34N6O5. The lowest BCUT2D eigenvalue weighted by molar-refractivity contribution is -0.130. The Labute approximate surface area is 203 Å². The van der Waals surface area contributed by atoms with Crippen LogP contribution in [-0.4, -0.2) is 42.3 Å². The number of nitrogens with one attached hydrogen (secondary N) is 3. The Morgan fingerprint density at radius 2 is 1.77 bits per heavy atom. The lowest BCUT2D eigenvalue weighted by atomic mass is 10.0. The van der Waals surface area contributed by atoms with Crippen LogP contribution in [0.3, 0.4) is 0 Å². The Hall–Kier alpha value is -3.89. The molecule has 2 atom stereocenters. The lowest BCUT2D eigenvalue weighted by Gasteiger charge is -2.24. The quantitative estimate of drug-likeness (QED) is 0.136. The third kappa shape index (κ3) is 8.76. The van der Waals surface area contributed by atoms with Crippen LogP contribution in [0.4, 0.5) is 5.69 Å². The number of hydrogen-bond acceptors (Lipinski definition) is 6. The third-order valence-corrected chi connectivity index (χ3v) is 5.20. The van der Waals surface area contributed by atoms with Gasteiger partial charge in [0.25, 0.3) is 0 Å². The van der Waals surface area contributed by atoms with Crippen LogP contribution in [0, 0.1) is 12.8 Å². The smallest absolute Gasteiger partial charge is 0.336 e. The molecule has 2 unspecified atom stereocenters. The first kappa shape index (κ1) is 27.4. The van der Waals surface area contributed by atoms with Crippen molar-refractivity contribution in [1.82, 2.24) is 10.6 Å². The molecule has 7 N–H and O–H groups in total. The summed E-state index contributed by atoms with van der Waals surface area (Å²) in [6, 6.07) is 4.68. The zero-order valence-corrected chi connectivity index (χ0v) is 20.5. The first-order valence-electron chi connectivity index (χ1n) is 11.4. The molecule has 0 aliphatic carbocycles. The third-order valence-electron chi connectivity index (χ3n) is 5.20. The fourth-order valence-electron chi connectivity index (χ4n) is 3.63. The second-order valence-corrected chi connectivity index (χ2v) is 8.84. The minimum absolute atomic E-state index is 0.0642. The van der Waals surface area contributed by atoms with E-state index < -0.39 is 29.5 Å². The largest absolute Gasteiger partial charge is 0.423 e. The van der Waals surface area contributed by atoms with Crippen LogP contribution in [0.25, 0.3) is 11.0 Å². The van der Waals surface area contributed by atoms with Gasteiger partial charge in [0, 0.05) is 36.7 Å². The molecule has 0 saturated heterocycles. The maximum Gasteiger partial charge on any atom is 0.336 e. The van der Waals surface area contributed by atoms with Crippen LogP contribution in [0.1, 0.15) is 45.6 Å². The van der Waals surface area contributed by atoms with Crippen molar-refractivity contribution in [3.05, 3.63) is 40.2 Å². The molecule has 3 amide bonds. The second kappa shape index (κ2) is 12.5. The lowest BCUT2D eigenvalue weighted by Crippen LogP contribution is -2.52. The minimum Gasteiger partial charge on any atom is -0.423 e. The molecule has 1 aromatic carbocycles. The Bertz CT molecular complexity index is 1150. The monoisotopic (exact) mass is 486 g/mol. The SMILES string of the molecule is CC(=O)NC(CC(C)C)C(=O)NC(CCCN=C(N)N)C(=O)Nc1ccc2c(C)cc(=O)oc2c1. The molecule has 11 heteroatoms. The molecule has 1 heterocycles. The highest BCUT2D eigenvalue weighted by molar-refractivity contribution is 5.99. The molecule has 0 saturated carbocycles. The predicted octanol–water partition coefficient (Wildman–Crippen LogP) is 1.13. The molecule has 2 aromatic rings. The average Bonchev–Trinajstić information content (AvgIpc) is 2.73. The van der Waals surface area contributed by atoms with Crippen LogP contribution in [0.2, 0.25) is 0 Å². The molecule has 0 aliphatic rings. The van der Waals surface area contributed by atoms with Crippen molar-refractivity contribution in [2.75, 3.05) is 11.9 Å². The fraction of sp³-hybridized carbons (Fsp3) is 0.458. The van der Waals surface area contributed by atoms with Gasteiger partial charge in [0.2, 0.25) is 17.7 Å². The van der Waals surface area contributed by atoms with E-state index in [0.29, 0.717) is 24.1 Å². The van der Waals surface area contributed by atoms with Gasteiger partial charge >= 0.3 is 5.63 Å². The van der Waals surface area contributed by atoms with Crippen molar-refractivity contribution < 1.29 is 18.8 Å². The number of guanidine groups is 1. The van der Waals surface area contributed by atoms with Gasteiger partial charge in [-0.25, -0.2) is 4.79 Å². The highest BCUT2D eigenvalue weighted by Gasteiger charge is 2.26.